The van der Waals surface area contributed by atoms with Gasteiger partial charge in [-0.1, -0.05) is 29.9 Å². The second kappa shape index (κ2) is 3.29. The Balaban J connectivity index is 2.40. The average Bonchev–Trinajstić information content (AvgIpc) is 1.91. The standard InChI is InChI=1S/C9H12/c1-2-6-9-7-4-3-5-8-9/h2-4,8H,1,5-7H2. The fourth-order valence-corrected chi connectivity index (χ4v) is 1.00. The fourth-order valence-electron chi connectivity index (χ4n) is 1.00. The highest BCUT2D eigenvalue weighted by Gasteiger charge is 1.93. The summed E-state index contributed by atoms with van der Waals surface area (Å²) in [6.45, 7) is 3.69. The third-order valence-electron chi connectivity index (χ3n) is 1.50. The van der Waals surface area contributed by atoms with Crippen LogP contribution in [0, 0.1) is 0 Å². The molecule has 0 bridgehead atoms. The van der Waals surface area contributed by atoms with Crippen LogP contribution in [0.2, 0.25) is 0 Å². The van der Waals surface area contributed by atoms with E-state index in [-0.39, 0.29) is 0 Å². The Kier molecular flexibility index (Phi) is 2.32. The summed E-state index contributed by atoms with van der Waals surface area (Å²) in [5.74, 6) is 0. The van der Waals surface area contributed by atoms with Gasteiger partial charge in [0.15, 0.2) is 0 Å². The molecule has 0 atom stereocenters. The maximum absolute atomic E-state index is 3.69. The van der Waals surface area contributed by atoms with Crippen LogP contribution in [-0.2, 0) is 0 Å². The first kappa shape index (κ1) is 6.34. The van der Waals surface area contributed by atoms with Crippen molar-refractivity contribution in [2.24, 2.45) is 0 Å². The van der Waals surface area contributed by atoms with Crippen LogP contribution in [0.1, 0.15) is 19.3 Å². The summed E-state index contributed by atoms with van der Waals surface area (Å²) < 4.78 is 0. The maximum atomic E-state index is 3.69. The Morgan fingerprint density at radius 2 is 2.44 bits per heavy atom. The number of hydrogen-bond donors (Lipinski definition) is 0. The number of rotatable bonds is 2. The molecule has 0 saturated carbocycles. The van der Waals surface area contributed by atoms with Gasteiger partial charge in [0.25, 0.3) is 0 Å². The Bertz CT molecular complexity index is 145. The third-order valence-corrected chi connectivity index (χ3v) is 1.50. The first-order valence-electron chi connectivity index (χ1n) is 3.37. The molecule has 0 aromatic heterocycles. The second-order valence-corrected chi connectivity index (χ2v) is 2.27. The summed E-state index contributed by atoms with van der Waals surface area (Å²) in [6.07, 6.45) is 12.0. The Labute approximate surface area is 56.6 Å². The zero-order valence-corrected chi connectivity index (χ0v) is 5.64. The molecule has 0 fully saturated rings. The van der Waals surface area contributed by atoms with Gasteiger partial charge in [-0.15, -0.1) is 6.58 Å². The van der Waals surface area contributed by atoms with Crippen LogP contribution >= 0.6 is 0 Å². The van der Waals surface area contributed by atoms with Gasteiger partial charge < -0.3 is 0 Å². The van der Waals surface area contributed by atoms with Gasteiger partial charge in [0.05, 0.1) is 0 Å². The molecule has 0 nitrogen and oxygen atoms in total. The van der Waals surface area contributed by atoms with Crippen LogP contribution in [0.25, 0.3) is 0 Å². The molecule has 0 spiro atoms. The lowest BCUT2D eigenvalue weighted by Crippen LogP contribution is -1.83. The molecule has 1 aliphatic carbocycles. The molecular formula is C9H12. The van der Waals surface area contributed by atoms with Gasteiger partial charge in [0.2, 0.25) is 0 Å². The molecule has 0 heteroatoms. The summed E-state index contributed by atoms with van der Waals surface area (Å²) in [4.78, 5) is 0. The molecule has 0 unspecified atom stereocenters. The van der Waals surface area contributed by atoms with Gasteiger partial charge in [-0.25, -0.2) is 0 Å². The second-order valence-electron chi connectivity index (χ2n) is 2.27. The lowest BCUT2D eigenvalue weighted by molar-refractivity contribution is 1.05. The molecule has 0 amide bonds. The van der Waals surface area contributed by atoms with Gasteiger partial charge in [0.1, 0.15) is 0 Å². The van der Waals surface area contributed by atoms with Crippen LogP contribution in [0.3, 0.4) is 0 Å². The minimum Gasteiger partial charge on any atom is -0.103 e. The topological polar surface area (TPSA) is 0 Å². The van der Waals surface area contributed by atoms with Crippen molar-refractivity contribution >= 4 is 0 Å². The van der Waals surface area contributed by atoms with Gasteiger partial charge in [0, 0.05) is 0 Å². The van der Waals surface area contributed by atoms with E-state index in [2.05, 4.69) is 24.8 Å². The SMILES string of the molecule is C=CCC1=CCC=CC1. The van der Waals surface area contributed by atoms with Gasteiger partial charge in [-0.2, -0.15) is 0 Å². The Morgan fingerprint density at radius 1 is 1.56 bits per heavy atom. The van der Waals surface area contributed by atoms with E-state index in [9.17, 15) is 0 Å². The van der Waals surface area contributed by atoms with Crippen molar-refractivity contribution in [2.45, 2.75) is 19.3 Å². The number of hydrogen-bond acceptors (Lipinski definition) is 0. The minimum atomic E-state index is 1.06. The van der Waals surface area contributed by atoms with Crippen LogP contribution < -0.4 is 0 Å². The molecule has 1 rings (SSSR count). The van der Waals surface area contributed by atoms with Crippen molar-refractivity contribution in [3.63, 3.8) is 0 Å². The van der Waals surface area contributed by atoms with Crippen LogP contribution in [0.5, 0.6) is 0 Å². The molecular weight excluding hydrogens is 108 g/mol. The summed E-state index contributed by atoms with van der Waals surface area (Å²) in [6, 6.07) is 0. The van der Waals surface area contributed by atoms with Crippen molar-refractivity contribution in [1.82, 2.24) is 0 Å². The first-order chi connectivity index (χ1) is 4.43. The van der Waals surface area contributed by atoms with E-state index in [1.54, 1.807) is 0 Å². The van der Waals surface area contributed by atoms with E-state index in [0.29, 0.717) is 0 Å². The highest BCUT2D eigenvalue weighted by atomic mass is 14.0. The van der Waals surface area contributed by atoms with Crippen LogP contribution in [-0.4, -0.2) is 0 Å². The zero-order chi connectivity index (χ0) is 6.53. The van der Waals surface area contributed by atoms with Crippen molar-refractivity contribution in [3.8, 4) is 0 Å². The Morgan fingerprint density at radius 3 is 3.00 bits per heavy atom. The predicted octanol–water partition coefficient (Wildman–Crippen LogP) is 2.84. The van der Waals surface area contributed by atoms with E-state index in [1.807, 2.05) is 6.08 Å². The predicted molar refractivity (Wildman–Crippen MR) is 41.3 cm³/mol. The molecule has 0 N–H and O–H groups in total. The van der Waals surface area contributed by atoms with E-state index in [0.717, 1.165) is 19.3 Å². The summed E-state index contributed by atoms with van der Waals surface area (Å²) >= 11 is 0. The quantitative estimate of drug-likeness (QED) is 0.491. The van der Waals surface area contributed by atoms with Crippen LogP contribution in [0.4, 0.5) is 0 Å². The van der Waals surface area contributed by atoms with E-state index >= 15 is 0 Å². The van der Waals surface area contributed by atoms with Gasteiger partial charge in [-0.05, 0) is 19.3 Å². The summed E-state index contributed by atoms with van der Waals surface area (Å²) in [5, 5.41) is 0. The lowest BCUT2D eigenvalue weighted by atomic mass is 10.0. The van der Waals surface area contributed by atoms with E-state index < -0.39 is 0 Å². The highest BCUT2D eigenvalue weighted by Crippen LogP contribution is 2.13. The smallest absolute Gasteiger partial charge is 0.0135 e. The normalized spacial score (nSPS) is 17.1. The fraction of sp³-hybridized carbons (Fsp3) is 0.333. The van der Waals surface area contributed by atoms with Crippen molar-refractivity contribution in [2.75, 3.05) is 0 Å². The Hall–Kier alpha value is -0.780. The molecule has 48 valence electrons. The maximum Gasteiger partial charge on any atom is -0.0135 e. The molecule has 0 saturated heterocycles. The van der Waals surface area contributed by atoms with Crippen molar-refractivity contribution < 1.29 is 0 Å². The average molecular weight is 120 g/mol. The molecule has 1 aliphatic rings. The van der Waals surface area contributed by atoms with Gasteiger partial charge in [-0.3, -0.25) is 0 Å². The summed E-state index contributed by atoms with van der Waals surface area (Å²) in [7, 11) is 0. The molecule has 0 aromatic rings. The number of allylic oxidation sites excluding steroid dienone is 5. The molecule has 0 aliphatic heterocycles. The van der Waals surface area contributed by atoms with Crippen molar-refractivity contribution in [3.05, 3.63) is 36.5 Å². The largest absolute Gasteiger partial charge is 0.103 e. The third kappa shape index (κ3) is 1.88. The highest BCUT2D eigenvalue weighted by molar-refractivity contribution is 5.16. The minimum absolute atomic E-state index is 1.06. The summed E-state index contributed by atoms with van der Waals surface area (Å²) in [5.41, 5.74) is 1.51. The molecule has 0 heterocycles. The van der Waals surface area contributed by atoms with E-state index in [1.165, 1.54) is 5.57 Å². The lowest BCUT2D eigenvalue weighted by Gasteiger charge is -2.03. The monoisotopic (exact) mass is 120 g/mol. The molecule has 0 aromatic carbocycles. The molecule has 9 heavy (non-hydrogen) atoms. The molecule has 0 radical (unpaired) electrons. The van der Waals surface area contributed by atoms with Crippen LogP contribution in [0.15, 0.2) is 36.5 Å². The van der Waals surface area contributed by atoms with E-state index in [4.69, 9.17) is 0 Å². The first-order valence-corrected chi connectivity index (χ1v) is 3.37. The van der Waals surface area contributed by atoms with Gasteiger partial charge >= 0.3 is 0 Å². The zero-order valence-electron chi connectivity index (χ0n) is 5.64. The van der Waals surface area contributed by atoms with Crippen molar-refractivity contribution in [1.29, 1.82) is 0 Å².